The maximum absolute atomic E-state index is 5.29. The molecule has 1 unspecified atom stereocenters. The fourth-order valence-electron chi connectivity index (χ4n) is 2.11. The van der Waals surface area contributed by atoms with Gasteiger partial charge in [0.2, 0.25) is 0 Å². The van der Waals surface area contributed by atoms with Gasteiger partial charge in [0.1, 0.15) is 11.5 Å². The lowest BCUT2D eigenvalue weighted by Crippen LogP contribution is -2.25. The van der Waals surface area contributed by atoms with Crippen LogP contribution in [0.1, 0.15) is 26.5 Å². The number of imidazole rings is 1. The number of nitrogen functional groups attached to an aromatic ring is 1. The van der Waals surface area contributed by atoms with E-state index in [0.717, 1.165) is 20.3 Å². The summed E-state index contributed by atoms with van der Waals surface area (Å²) in [6.07, 6.45) is 5.43. The molecule has 3 heterocycles. The first kappa shape index (κ1) is 26.0. The monoisotopic (exact) mass is 592 g/mol. The van der Waals surface area contributed by atoms with Gasteiger partial charge in [0, 0.05) is 46.4 Å². The third kappa shape index (κ3) is 10.0. The summed E-state index contributed by atoms with van der Waals surface area (Å²) in [6, 6.07) is 7.56. The number of rotatable bonds is 5. The van der Waals surface area contributed by atoms with Gasteiger partial charge in [-0.2, -0.15) is 0 Å². The Balaban J connectivity index is 0.000000221. The summed E-state index contributed by atoms with van der Waals surface area (Å²) in [6.45, 7) is 9.35. The standard InChI is InChI=1S/C8H7BrN2.C7H15BrO2.C5H5BrN2/c1-6-4-10-8-3-2-7(9)5-11(6)8;1-4-9-7(6(3)8)10-5-2;6-4-1-2-5(7)8-3-4/h2-5H,1H3;6-7H,4-5H2,1-3H3;1-3H,(H2,7,8). The molecule has 2 N–H and O–H groups in total. The minimum Gasteiger partial charge on any atom is -0.384 e. The van der Waals surface area contributed by atoms with Gasteiger partial charge in [-0.1, -0.05) is 15.9 Å². The van der Waals surface area contributed by atoms with Gasteiger partial charge in [-0.25, -0.2) is 9.97 Å². The normalized spacial score (nSPS) is 11.4. The molecule has 0 fully saturated rings. The summed E-state index contributed by atoms with van der Waals surface area (Å²) in [7, 11) is 0. The Hall–Kier alpha value is -1.00. The first-order valence-electron chi connectivity index (χ1n) is 9.11. The maximum atomic E-state index is 5.29. The summed E-state index contributed by atoms with van der Waals surface area (Å²) in [5.41, 5.74) is 7.44. The Morgan fingerprint density at radius 3 is 2.10 bits per heavy atom. The number of nitrogens with zero attached hydrogens (tertiary/aromatic N) is 3. The lowest BCUT2D eigenvalue weighted by Gasteiger charge is -2.18. The lowest BCUT2D eigenvalue weighted by atomic mass is 10.4. The number of aryl methyl sites for hydroxylation is 1. The molecule has 0 spiro atoms. The zero-order chi connectivity index (χ0) is 21.8. The number of hydrogen-bond acceptors (Lipinski definition) is 5. The molecule has 160 valence electrons. The number of aromatic nitrogens is 3. The van der Waals surface area contributed by atoms with E-state index < -0.39 is 0 Å². The van der Waals surface area contributed by atoms with Crippen molar-refractivity contribution in [2.45, 2.75) is 38.8 Å². The van der Waals surface area contributed by atoms with Crippen molar-refractivity contribution in [3.05, 3.63) is 57.5 Å². The fraction of sp³-hybridized carbons (Fsp3) is 0.400. The second-order valence-electron chi connectivity index (χ2n) is 5.83. The summed E-state index contributed by atoms with van der Waals surface area (Å²) < 4.78 is 14.6. The molecule has 3 aromatic rings. The molecule has 0 saturated heterocycles. The van der Waals surface area contributed by atoms with Gasteiger partial charge in [0.25, 0.3) is 0 Å². The van der Waals surface area contributed by atoms with Gasteiger partial charge in [-0.3, -0.25) is 0 Å². The Morgan fingerprint density at radius 1 is 1.00 bits per heavy atom. The van der Waals surface area contributed by atoms with E-state index in [4.69, 9.17) is 15.2 Å². The average molecular weight is 595 g/mol. The number of pyridine rings is 2. The van der Waals surface area contributed by atoms with Gasteiger partial charge in [0.15, 0.2) is 6.29 Å². The predicted octanol–water partition coefficient (Wildman–Crippen LogP) is 6.00. The molecule has 3 aromatic heterocycles. The van der Waals surface area contributed by atoms with Crippen molar-refractivity contribution in [2.24, 2.45) is 0 Å². The second-order valence-corrected chi connectivity index (χ2v) is 9.11. The fourth-order valence-corrected chi connectivity index (χ4v) is 2.98. The second kappa shape index (κ2) is 14.1. The van der Waals surface area contributed by atoms with Crippen molar-refractivity contribution < 1.29 is 9.47 Å². The largest absolute Gasteiger partial charge is 0.384 e. The summed E-state index contributed by atoms with van der Waals surface area (Å²) in [5.74, 6) is 0.549. The van der Waals surface area contributed by atoms with Crippen molar-refractivity contribution in [1.29, 1.82) is 0 Å². The van der Waals surface area contributed by atoms with Crippen LogP contribution in [0.4, 0.5) is 5.82 Å². The number of anilines is 1. The van der Waals surface area contributed by atoms with Gasteiger partial charge >= 0.3 is 0 Å². The Bertz CT molecular complexity index is 814. The zero-order valence-corrected chi connectivity index (χ0v) is 21.7. The van der Waals surface area contributed by atoms with Crippen molar-refractivity contribution in [1.82, 2.24) is 14.4 Å². The van der Waals surface area contributed by atoms with Crippen LogP contribution < -0.4 is 5.73 Å². The van der Waals surface area contributed by atoms with E-state index in [2.05, 4.69) is 57.8 Å². The van der Waals surface area contributed by atoms with Crippen LogP contribution in [0, 0.1) is 6.92 Å². The van der Waals surface area contributed by atoms with E-state index in [-0.39, 0.29) is 11.1 Å². The molecule has 0 aliphatic rings. The molecule has 1 atom stereocenters. The number of fused-ring (bicyclic) bond motifs is 1. The zero-order valence-electron chi connectivity index (χ0n) is 17.0. The number of halogens is 3. The topological polar surface area (TPSA) is 74.7 Å². The van der Waals surface area contributed by atoms with E-state index in [1.165, 1.54) is 0 Å². The van der Waals surface area contributed by atoms with E-state index >= 15 is 0 Å². The van der Waals surface area contributed by atoms with Crippen molar-refractivity contribution >= 4 is 59.3 Å². The van der Waals surface area contributed by atoms with Crippen molar-refractivity contribution in [3.8, 4) is 0 Å². The number of alkyl halides is 1. The van der Waals surface area contributed by atoms with Crippen LogP contribution in [0.25, 0.3) is 5.65 Å². The van der Waals surface area contributed by atoms with Crippen LogP contribution in [0.2, 0.25) is 0 Å². The smallest absolute Gasteiger partial charge is 0.169 e. The van der Waals surface area contributed by atoms with Crippen LogP contribution in [0.3, 0.4) is 0 Å². The highest BCUT2D eigenvalue weighted by molar-refractivity contribution is 9.10. The van der Waals surface area contributed by atoms with Gasteiger partial charge in [-0.05, 0) is 83.8 Å². The Kier molecular flexibility index (Phi) is 12.6. The molecule has 6 nitrogen and oxygen atoms in total. The third-order valence-electron chi connectivity index (χ3n) is 3.44. The van der Waals surface area contributed by atoms with Crippen LogP contribution in [0.15, 0.2) is 51.8 Å². The van der Waals surface area contributed by atoms with Crippen LogP contribution >= 0.6 is 47.8 Å². The van der Waals surface area contributed by atoms with Crippen LogP contribution in [-0.4, -0.2) is 38.7 Å². The van der Waals surface area contributed by atoms with Gasteiger partial charge in [0.05, 0.1) is 4.83 Å². The molecule has 0 aliphatic carbocycles. The van der Waals surface area contributed by atoms with Crippen LogP contribution in [-0.2, 0) is 9.47 Å². The SMILES string of the molecule is CCOC(OCC)C(C)Br.Cc1cnc2ccc(Br)cn12.Nc1ccc(Br)cn1. The number of hydrogen-bond donors (Lipinski definition) is 1. The quantitative estimate of drug-likeness (QED) is 0.290. The molecule has 9 heteroatoms. The van der Waals surface area contributed by atoms with E-state index in [9.17, 15) is 0 Å². The molecule has 0 bridgehead atoms. The molecule has 0 aliphatic heterocycles. The first-order valence-corrected chi connectivity index (χ1v) is 11.6. The van der Waals surface area contributed by atoms with Crippen molar-refractivity contribution in [3.63, 3.8) is 0 Å². The molecule has 29 heavy (non-hydrogen) atoms. The summed E-state index contributed by atoms with van der Waals surface area (Å²) in [4.78, 5) is 8.27. The van der Waals surface area contributed by atoms with Crippen LogP contribution in [0.5, 0.6) is 0 Å². The minimum absolute atomic E-state index is 0.102. The van der Waals surface area contributed by atoms with E-state index in [0.29, 0.717) is 19.0 Å². The average Bonchev–Trinajstić information content (AvgIpc) is 3.05. The molecule has 0 aromatic carbocycles. The summed E-state index contributed by atoms with van der Waals surface area (Å²) >= 11 is 10.0. The molecule has 0 saturated carbocycles. The molecule has 3 rings (SSSR count). The predicted molar refractivity (Wildman–Crippen MR) is 129 cm³/mol. The molecule has 0 amide bonds. The highest BCUT2D eigenvalue weighted by atomic mass is 79.9. The summed E-state index contributed by atoms with van der Waals surface area (Å²) in [5, 5.41) is 0. The molecular formula is C20H27Br3N4O2. The number of nitrogens with two attached hydrogens (primary N) is 1. The maximum Gasteiger partial charge on any atom is 0.169 e. The highest BCUT2D eigenvalue weighted by Gasteiger charge is 2.13. The molecule has 0 radical (unpaired) electrons. The Labute approximate surface area is 197 Å². The highest BCUT2D eigenvalue weighted by Crippen LogP contribution is 2.12. The van der Waals surface area contributed by atoms with Gasteiger partial charge in [-0.15, -0.1) is 0 Å². The first-order chi connectivity index (χ1) is 13.8. The number of ether oxygens (including phenoxy) is 2. The Morgan fingerprint density at radius 2 is 1.62 bits per heavy atom. The third-order valence-corrected chi connectivity index (χ3v) is 4.81. The lowest BCUT2D eigenvalue weighted by molar-refractivity contribution is -0.132. The minimum atomic E-state index is -0.102. The molecular weight excluding hydrogens is 568 g/mol. The van der Waals surface area contributed by atoms with Gasteiger partial charge < -0.3 is 19.6 Å². The van der Waals surface area contributed by atoms with Crippen molar-refractivity contribution in [2.75, 3.05) is 18.9 Å². The van der Waals surface area contributed by atoms with E-state index in [1.54, 1.807) is 12.3 Å². The van der Waals surface area contributed by atoms with E-state index in [1.807, 2.05) is 62.7 Å².